The molecule has 0 spiro atoms. The predicted octanol–water partition coefficient (Wildman–Crippen LogP) is 1.22. The lowest BCUT2D eigenvalue weighted by molar-refractivity contribution is -0.904. The molecule has 0 aliphatic heterocycles. The van der Waals surface area contributed by atoms with E-state index >= 15 is 0 Å². The standard InChI is InChI=1S/C23H28N4O4/c1-5-27(14-22(28)24-15(2)16-9-7-6-8-10-16)13-21-25-18-12-20(31-4)19(30-3)11-17(18)23(29)26-21/h6-12,15H,5,13-14H2,1-4H3,(H,24,28)(H,25,26,29)/p+1/t15-/m0/s1. The second-order valence-electron chi connectivity index (χ2n) is 7.39. The van der Waals surface area contributed by atoms with Gasteiger partial charge in [0.1, 0.15) is 6.54 Å². The Labute approximate surface area is 181 Å². The van der Waals surface area contributed by atoms with E-state index in [9.17, 15) is 9.59 Å². The van der Waals surface area contributed by atoms with E-state index < -0.39 is 0 Å². The van der Waals surface area contributed by atoms with Gasteiger partial charge in [0.15, 0.2) is 23.9 Å². The number of benzene rings is 2. The van der Waals surface area contributed by atoms with Crippen LogP contribution in [0.3, 0.4) is 0 Å². The number of likely N-dealkylation sites (N-methyl/N-ethyl adjacent to an activating group) is 1. The molecule has 2 atom stereocenters. The van der Waals surface area contributed by atoms with Crippen LogP contribution in [0.25, 0.3) is 10.9 Å². The number of aromatic amines is 1. The van der Waals surface area contributed by atoms with Crippen molar-refractivity contribution in [2.24, 2.45) is 0 Å². The van der Waals surface area contributed by atoms with Gasteiger partial charge in [-0.1, -0.05) is 30.3 Å². The van der Waals surface area contributed by atoms with E-state index in [1.165, 1.54) is 14.2 Å². The zero-order chi connectivity index (χ0) is 22.4. The van der Waals surface area contributed by atoms with Crippen LogP contribution < -0.4 is 25.2 Å². The molecule has 0 radical (unpaired) electrons. The molecule has 0 saturated carbocycles. The van der Waals surface area contributed by atoms with Crippen LogP contribution in [0.1, 0.15) is 31.3 Å². The second kappa shape index (κ2) is 10.1. The second-order valence-corrected chi connectivity index (χ2v) is 7.39. The lowest BCUT2D eigenvalue weighted by atomic mass is 10.1. The Balaban J connectivity index is 1.73. The van der Waals surface area contributed by atoms with E-state index in [1.807, 2.05) is 44.2 Å². The van der Waals surface area contributed by atoms with Crippen molar-refractivity contribution in [1.82, 2.24) is 15.3 Å². The molecule has 1 aromatic heterocycles. The summed E-state index contributed by atoms with van der Waals surface area (Å²) >= 11 is 0. The largest absolute Gasteiger partial charge is 0.493 e. The number of fused-ring (bicyclic) bond motifs is 1. The van der Waals surface area contributed by atoms with Crippen molar-refractivity contribution in [3.05, 3.63) is 64.2 Å². The van der Waals surface area contributed by atoms with Crippen LogP contribution in [0.4, 0.5) is 0 Å². The molecule has 0 fully saturated rings. The average Bonchev–Trinajstić information content (AvgIpc) is 2.78. The van der Waals surface area contributed by atoms with Gasteiger partial charge in [-0.3, -0.25) is 9.59 Å². The van der Waals surface area contributed by atoms with Gasteiger partial charge in [0.05, 0.1) is 37.7 Å². The SMILES string of the molecule is CC[NH+](CC(=O)N[C@@H](C)c1ccccc1)Cc1nc2cc(OC)c(OC)cc2c(=O)[nH]1. The minimum Gasteiger partial charge on any atom is -0.493 e. The molecule has 2 aromatic carbocycles. The Morgan fingerprint density at radius 2 is 1.84 bits per heavy atom. The van der Waals surface area contributed by atoms with Gasteiger partial charge in [0.25, 0.3) is 11.5 Å². The summed E-state index contributed by atoms with van der Waals surface area (Å²) < 4.78 is 10.6. The summed E-state index contributed by atoms with van der Waals surface area (Å²) in [7, 11) is 3.06. The number of methoxy groups -OCH3 is 2. The average molecular weight is 426 g/mol. The lowest BCUT2D eigenvalue weighted by Gasteiger charge is -2.19. The Kier molecular flexibility index (Phi) is 7.25. The number of ether oxygens (including phenoxy) is 2. The fourth-order valence-corrected chi connectivity index (χ4v) is 3.49. The van der Waals surface area contributed by atoms with Gasteiger partial charge < -0.3 is 24.7 Å². The smallest absolute Gasteiger partial charge is 0.275 e. The molecule has 8 nitrogen and oxygen atoms in total. The third-order valence-electron chi connectivity index (χ3n) is 5.26. The number of carbonyl (C=O) groups excluding carboxylic acids is 1. The van der Waals surface area contributed by atoms with Crippen molar-refractivity contribution in [2.45, 2.75) is 26.4 Å². The summed E-state index contributed by atoms with van der Waals surface area (Å²) in [4.78, 5) is 33.5. The molecule has 1 amide bonds. The highest BCUT2D eigenvalue weighted by molar-refractivity contribution is 5.81. The number of amides is 1. The summed E-state index contributed by atoms with van der Waals surface area (Å²) in [5, 5.41) is 3.46. The van der Waals surface area contributed by atoms with Crippen LogP contribution in [0.2, 0.25) is 0 Å². The van der Waals surface area contributed by atoms with Crippen molar-refractivity contribution in [3.63, 3.8) is 0 Å². The molecule has 1 unspecified atom stereocenters. The minimum absolute atomic E-state index is 0.0530. The van der Waals surface area contributed by atoms with Gasteiger partial charge in [0, 0.05) is 6.07 Å². The molecule has 3 rings (SSSR count). The van der Waals surface area contributed by atoms with E-state index in [0.29, 0.717) is 41.3 Å². The Hall–Kier alpha value is -3.39. The van der Waals surface area contributed by atoms with Gasteiger partial charge in [-0.2, -0.15) is 0 Å². The maximum absolute atomic E-state index is 12.6. The maximum Gasteiger partial charge on any atom is 0.275 e. The van der Waals surface area contributed by atoms with Crippen molar-refractivity contribution >= 4 is 16.8 Å². The molecule has 31 heavy (non-hydrogen) atoms. The Bertz CT molecular complexity index is 1100. The van der Waals surface area contributed by atoms with Crippen molar-refractivity contribution < 1.29 is 19.2 Å². The number of rotatable bonds is 9. The van der Waals surface area contributed by atoms with Gasteiger partial charge in [0.2, 0.25) is 0 Å². The number of H-pyrrole nitrogens is 1. The highest BCUT2D eigenvalue weighted by Crippen LogP contribution is 2.29. The number of hydrogen-bond donors (Lipinski definition) is 3. The quantitative estimate of drug-likeness (QED) is 0.479. The highest BCUT2D eigenvalue weighted by atomic mass is 16.5. The summed E-state index contributed by atoms with van der Waals surface area (Å²) in [6.07, 6.45) is 0. The van der Waals surface area contributed by atoms with E-state index in [-0.39, 0.29) is 24.1 Å². The fourth-order valence-electron chi connectivity index (χ4n) is 3.49. The van der Waals surface area contributed by atoms with Crippen LogP contribution in [0.5, 0.6) is 11.5 Å². The molecule has 3 aromatic rings. The molecule has 3 N–H and O–H groups in total. The fraction of sp³-hybridized carbons (Fsp3) is 0.348. The molecular weight excluding hydrogens is 396 g/mol. The van der Waals surface area contributed by atoms with Crippen LogP contribution in [-0.2, 0) is 11.3 Å². The molecule has 0 bridgehead atoms. The van der Waals surface area contributed by atoms with Crippen molar-refractivity contribution in [1.29, 1.82) is 0 Å². The number of nitrogens with zero attached hydrogens (tertiary/aromatic N) is 1. The Morgan fingerprint density at radius 1 is 1.16 bits per heavy atom. The third kappa shape index (κ3) is 5.40. The first-order chi connectivity index (χ1) is 14.9. The van der Waals surface area contributed by atoms with Crippen molar-refractivity contribution in [3.8, 4) is 11.5 Å². The monoisotopic (exact) mass is 425 g/mol. The number of hydrogen-bond acceptors (Lipinski definition) is 5. The normalized spacial score (nSPS) is 12.9. The van der Waals surface area contributed by atoms with E-state index in [4.69, 9.17) is 9.47 Å². The summed E-state index contributed by atoms with van der Waals surface area (Å²) in [6, 6.07) is 13.1. The summed E-state index contributed by atoms with van der Waals surface area (Å²) in [6.45, 7) is 5.37. The van der Waals surface area contributed by atoms with Crippen LogP contribution in [0.15, 0.2) is 47.3 Å². The zero-order valence-electron chi connectivity index (χ0n) is 18.3. The molecule has 8 heteroatoms. The van der Waals surface area contributed by atoms with Gasteiger partial charge in [-0.05, 0) is 25.5 Å². The molecule has 0 saturated heterocycles. The lowest BCUT2D eigenvalue weighted by Crippen LogP contribution is -3.11. The van der Waals surface area contributed by atoms with E-state index in [2.05, 4.69) is 15.3 Å². The first kappa shape index (κ1) is 22.3. The molecule has 164 valence electrons. The topological polar surface area (TPSA) is 97.8 Å². The van der Waals surface area contributed by atoms with E-state index in [0.717, 1.165) is 10.5 Å². The molecule has 1 heterocycles. The van der Waals surface area contributed by atoms with Gasteiger partial charge in [-0.25, -0.2) is 4.98 Å². The van der Waals surface area contributed by atoms with Crippen LogP contribution in [0, 0.1) is 0 Å². The predicted molar refractivity (Wildman–Crippen MR) is 119 cm³/mol. The molecular formula is C23H29N4O4+. The van der Waals surface area contributed by atoms with Crippen molar-refractivity contribution in [2.75, 3.05) is 27.3 Å². The van der Waals surface area contributed by atoms with Gasteiger partial charge in [-0.15, -0.1) is 0 Å². The number of nitrogens with one attached hydrogen (secondary N) is 3. The molecule has 0 aliphatic rings. The number of aromatic nitrogens is 2. The van der Waals surface area contributed by atoms with Crippen LogP contribution in [-0.4, -0.2) is 43.2 Å². The number of carbonyl (C=O) groups is 1. The summed E-state index contributed by atoms with van der Waals surface area (Å²) in [5.41, 5.74) is 1.33. The first-order valence-electron chi connectivity index (χ1n) is 10.3. The number of quaternary nitrogens is 1. The Morgan fingerprint density at radius 3 is 2.48 bits per heavy atom. The highest BCUT2D eigenvalue weighted by Gasteiger charge is 2.18. The maximum atomic E-state index is 12.6. The van der Waals surface area contributed by atoms with E-state index in [1.54, 1.807) is 12.1 Å². The zero-order valence-corrected chi connectivity index (χ0v) is 18.3. The third-order valence-corrected chi connectivity index (χ3v) is 5.26. The summed E-state index contributed by atoms with van der Waals surface area (Å²) in [5.74, 6) is 1.45. The van der Waals surface area contributed by atoms with Crippen LogP contribution >= 0.6 is 0 Å². The first-order valence-corrected chi connectivity index (χ1v) is 10.3. The minimum atomic E-state index is -0.251. The molecule has 0 aliphatic carbocycles. The van der Waals surface area contributed by atoms with Gasteiger partial charge >= 0.3 is 0 Å².